The summed E-state index contributed by atoms with van der Waals surface area (Å²) in [5.41, 5.74) is 0.00866. The Morgan fingerprint density at radius 1 is 1.40 bits per heavy atom. The molecule has 104 valence electrons. The number of carboxylic acids is 1. The van der Waals surface area contributed by atoms with E-state index in [2.05, 4.69) is 15.0 Å². The second-order valence-electron chi connectivity index (χ2n) is 3.98. The van der Waals surface area contributed by atoms with E-state index in [4.69, 9.17) is 5.11 Å². The van der Waals surface area contributed by atoms with E-state index < -0.39 is 23.7 Å². The maximum atomic E-state index is 12.9. The molecular weight excluding hydrogens is 268 g/mol. The smallest absolute Gasteiger partial charge is 0.339 e. The Morgan fingerprint density at radius 2 is 2.15 bits per heavy atom. The highest BCUT2D eigenvalue weighted by Crippen LogP contribution is 2.25. The van der Waals surface area contributed by atoms with Gasteiger partial charge >= 0.3 is 5.97 Å². The average molecular weight is 279 g/mol. The summed E-state index contributed by atoms with van der Waals surface area (Å²) in [5.74, 6) is -1.40. The number of hydrogen-bond acceptors (Lipinski definition) is 4. The summed E-state index contributed by atoms with van der Waals surface area (Å²) in [5, 5.41) is 8.85. The van der Waals surface area contributed by atoms with Crippen LogP contribution < -0.4 is 0 Å². The molecule has 0 aliphatic carbocycles. The SMILES string of the molecule is CCc1cnccc1-c1ncc(C(=O)O)c(C(F)F)n1. The predicted octanol–water partition coefficient (Wildman–Crippen LogP) is 2.74. The molecule has 0 aliphatic heterocycles. The van der Waals surface area contributed by atoms with E-state index in [1.54, 1.807) is 12.3 Å². The number of aryl methyl sites for hydroxylation is 1. The lowest BCUT2D eigenvalue weighted by atomic mass is 10.1. The van der Waals surface area contributed by atoms with Crippen molar-refractivity contribution in [1.82, 2.24) is 15.0 Å². The van der Waals surface area contributed by atoms with Crippen LogP contribution in [0.4, 0.5) is 8.78 Å². The van der Waals surface area contributed by atoms with Gasteiger partial charge in [-0.25, -0.2) is 23.5 Å². The molecule has 7 heteroatoms. The van der Waals surface area contributed by atoms with Crippen molar-refractivity contribution in [1.29, 1.82) is 0 Å². The van der Waals surface area contributed by atoms with Gasteiger partial charge in [-0.15, -0.1) is 0 Å². The van der Waals surface area contributed by atoms with Gasteiger partial charge in [0.25, 0.3) is 6.43 Å². The van der Waals surface area contributed by atoms with Gasteiger partial charge in [0.05, 0.1) is 0 Å². The van der Waals surface area contributed by atoms with E-state index >= 15 is 0 Å². The monoisotopic (exact) mass is 279 g/mol. The molecule has 0 fully saturated rings. The number of pyridine rings is 1. The topological polar surface area (TPSA) is 76.0 Å². The summed E-state index contributed by atoms with van der Waals surface area (Å²) >= 11 is 0. The minimum atomic E-state index is -2.98. The number of hydrogen-bond donors (Lipinski definition) is 1. The molecule has 0 radical (unpaired) electrons. The first kappa shape index (κ1) is 14.0. The molecule has 0 saturated heterocycles. The van der Waals surface area contributed by atoms with E-state index in [0.717, 1.165) is 11.8 Å². The first-order valence-electron chi connectivity index (χ1n) is 5.86. The summed E-state index contributed by atoms with van der Waals surface area (Å²) in [4.78, 5) is 22.4. The highest BCUT2D eigenvalue weighted by atomic mass is 19.3. The Morgan fingerprint density at radius 3 is 2.75 bits per heavy atom. The lowest BCUT2D eigenvalue weighted by Crippen LogP contribution is -2.08. The van der Waals surface area contributed by atoms with E-state index in [0.29, 0.717) is 12.0 Å². The van der Waals surface area contributed by atoms with Crippen molar-refractivity contribution >= 4 is 5.97 Å². The minimum absolute atomic E-state index is 0.0737. The van der Waals surface area contributed by atoms with Crippen molar-refractivity contribution in [3.63, 3.8) is 0 Å². The van der Waals surface area contributed by atoms with Crippen LogP contribution in [-0.2, 0) is 6.42 Å². The van der Waals surface area contributed by atoms with Gasteiger partial charge in [-0.1, -0.05) is 6.92 Å². The molecule has 0 spiro atoms. The summed E-state index contributed by atoms with van der Waals surface area (Å²) < 4.78 is 25.8. The summed E-state index contributed by atoms with van der Waals surface area (Å²) in [6, 6.07) is 1.61. The molecule has 1 N–H and O–H groups in total. The molecule has 0 aromatic carbocycles. The van der Waals surface area contributed by atoms with Crippen LogP contribution in [0.1, 0.15) is 35.0 Å². The van der Waals surface area contributed by atoms with Gasteiger partial charge in [0.2, 0.25) is 0 Å². The zero-order chi connectivity index (χ0) is 14.7. The Balaban J connectivity index is 2.59. The van der Waals surface area contributed by atoms with Gasteiger partial charge in [0.15, 0.2) is 5.82 Å². The van der Waals surface area contributed by atoms with Gasteiger partial charge in [0.1, 0.15) is 11.3 Å². The fraction of sp³-hybridized carbons (Fsp3) is 0.231. The molecular formula is C13H11F2N3O2. The van der Waals surface area contributed by atoms with Crippen LogP contribution in [0.25, 0.3) is 11.4 Å². The average Bonchev–Trinajstić information content (AvgIpc) is 2.46. The quantitative estimate of drug-likeness (QED) is 0.931. The highest BCUT2D eigenvalue weighted by molar-refractivity contribution is 5.88. The molecule has 2 rings (SSSR count). The van der Waals surface area contributed by atoms with E-state index in [-0.39, 0.29) is 5.82 Å². The van der Waals surface area contributed by atoms with E-state index in [9.17, 15) is 13.6 Å². The molecule has 2 aromatic rings. The molecule has 20 heavy (non-hydrogen) atoms. The second kappa shape index (κ2) is 5.68. The van der Waals surface area contributed by atoms with E-state index in [1.165, 1.54) is 6.20 Å². The van der Waals surface area contributed by atoms with E-state index in [1.807, 2.05) is 6.92 Å². The third-order valence-corrected chi connectivity index (χ3v) is 2.78. The predicted molar refractivity (Wildman–Crippen MR) is 66.6 cm³/mol. The lowest BCUT2D eigenvalue weighted by molar-refractivity contribution is 0.0681. The summed E-state index contributed by atoms with van der Waals surface area (Å²) in [6.07, 6.45) is 1.68. The van der Waals surface area contributed by atoms with Crippen LogP contribution in [0.3, 0.4) is 0 Å². The largest absolute Gasteiger partial charge is 0.478 e. The molecule has 0 bridgehead atoms. The maximum absolute atomic E-state index is 12.9. The van der Waals surface area contributed by atoms with Gasteiger partial charge in [0, 0.05) is 24.2 Å². The van der Waals surface area contributed by atoms with Crippen molar-refractivity contribution in [3.8, 4) is 11.4 Å². The van der Waals surface area contributed by atoms with Crippen molar-refractivity contribution in [2.45, 2.75) is 19.8 Å². The van der Waals surface area contributed by atoms with Crippen LogP contribution in [0.2, 0.25) is 0 Å². The van der Waals surface area contributed by atoms with Gasteiger partial charge in [-0.3, -0.25) is 4.98 Å². The van der Waals surface area contributed by atoms with Crippen molar-refractivity contribution in [2.75, 3.05) is 0 Å². The third-order valence-electron chi connectivity index (χ3n) is 2.78. The molecule has 0 saturated carbocycles. The van der Waals surface area contributed by atoms with Crippen LogP contribution in [0, 0.1) is 0 Å². The van der Waals surface area contributed by atoms with Gasteiger partial charge in [-0.2, -0.15) is 0 Å². The van der Waals surface area contributed by atoms with Gasteiger partial charge < -0.3 is 5.11 Å². The Bertz CT molecular complexity index is 647. The fourth-order valence-electron chi connectivity index (χ4n) is 1.78. The Hall–Kier alpha value is -2.44. The second-order valence-corrected chi connectivity index (χ2v) is 3.98. The molecule has 0 unspecified atom stereocenters. The normalized spacial score (nSPS) is 10.8. The number of carbonyl (C=O) groups is 1. The standard InChI is InChI=1S/C13H11F2N3O2/c1-2-7-5-16-4-3-8(7)12-17-6-9(13(19)20)10(18-12)11(14)15/h3-6,11H,2H2,1H3,(H,19,20). The van der Waals surface area contributed by atoms with Crippen LogP contribution >= 0.6 is 0 Å². The maximum Gasteiger partial charge on any atom is 0.339 e. The Labute approximate surface area is 113 Å². The lowest BCUT2D eigenvalue weighted by Gasteiger charge is -2.09. The number of aromatic nitrogens is 3. The third kappa shape index (κ3) is 2.61. The molecule has 0 aliphatic rings. The number of halogens is 2. The number of aromatic carboxylic acids is 1. The first-order valence-corrected chi connectivity index (χ1v) is 5.86. The van der Waals surface area contributed by atoms with Crippen molar-refractivity contribution in [2.24, 2.45) is 0 Å². The molecule has 0 amide bonds. The van der Waals surface area contributed by atoms with Crippen LogP contribution in [-0.4, -0.2) is 26.0 Å². The zero-order valence-electron chi connectivity index (χ0n) is 10.5. The fourth-order valence-corrected chi connectivity index (χ4v) is 1.78. The van der Waals surface area contributed by atoms with Crippen LogP contribution in [0.15, 0.2) is 24.7 Å². The van der Waals surface area contributed by atoms with Crippen molar-refractivity contribution in [3.05, 3.63) is 41.5 Å². The first-order chi connectivity index (χ1) is 9.54. The van der Waals surface area contributed by atoms with Gasteiger partial charge in [-0.05, 0) is 18.1 Å². The zero-order valence-corrected chi connectivity index (χ0v) is 10.5. The molecule has 2 aromatic heterocycles. The molecule has 0 atom stereocenters. The highest BCUT2D eigenvalue weighted by Gasteiger charge is 2.22. The van der Waals surface area contributed by atoms with Crippen LogP contribution in [0.5, 0.6) is 0 Å². The molecule has 5 nitrogen and oxygen atoms in total. The number of carboxylic acid groups (broad SMARTS) is 1. The minimum Gasteiger partial charge on any atom is -0.478 e. The molecule has 2 heterocycles. The number of rotatable bonds is 4. The summed E-state index contributed by atoms with van der Waals surface area (Å²) in [7, 11) is 0. The Kier molecular flexibility index (Phi) is 3.97. The van der Waals surface area contributed by atoms with Crippen molar-refractivity contribution < 1.29 is 18.7 Å². The summed E-state index contributed by atoms with van der Waals surface area (Å²) in [6.45, 7) is 1.89. The number of alkyl halides is 2. The number of nitrogens with zero attached hydrogens (tertiary/aromatic N) is 3.